The number of hydrogen-bond acceptors (Lipinski definition) is 5. The summed E-state index contributed by atoms with van der Waals surface area (Å²) in [6.07, 6.45) is 0. The zero-order chi connectivity index (χ0) is 17.8. The first-order valence-electron chi connectivity index (χ1n) is 7.92. The molecular formula is C19H19N3O3. The number of benzene rings is 2. The lowest BCUT2D eigenvalue weighted by atomic mass is 10.1. The fourth-order valence-corrected chi connectivity index (χ4v) is 2.31. The molecule has 0 fully saturated rings. The fourth-order valence-electron chi connectivity index (χ4n) is 2.31. The average molecular weight is 337 g/mol. The van der Waals surface area contributed by atoms with E-state index < -0.39 is 0 Å². The summed E-state index contributed by atoms with van der Waals surface area (Å²) in [5.41, 5.74) is 4.13. The number of ether oxygens (including phenoxy) is 1. The van der Waals surface area contributed by atoms with Crippen LogP contribution < -0.4 is 10.1 Å². The Morgan fingerprint density at radius 2 is 1.88 bits per heavy atom. The number of aromatic nitrogens is 2. The van der Waals surface area contributed by atoms with Gasteiger partial charge in [-0.25, -0.2) is 0 Å². The minimum absolute atomic E-state index is 0.118. The van der Waals surface area contributed by atoms with Gasteiger partial charge in [0.15, 0.2) is 6.61 Å². The maximum absolute atomic E-state index is 12.0. The largest absolute Gasteiger partial charge is 0.484 e. The summed E-state index contributed by atoms with van der Waals surface area (Å²) in [5.74, 6) is 0.776. The Kier molecular flexibility index (Phi) is 4.79. The number of carbonyl (C=O) groups excluding carboxylic acids is 1. The van der Waals surface area contributed by atoms with Crippen molar-refractivity contribution in [2.24, 2.45) is 0 Å². The quantitative estimate of drug-likeness (QED) is 0.768. The van der Waals surface area contributed by atoms with Crippen molar-refractivity contribution in [3.8, 4) is 17.2 Å². The van der Waals surface area contributed by atoms with Gasteiger partial charge >= 0.3 is 0 Å². The van der Waals surface area contributed by atoms with Gasteiger partial charge in [-0.1, -0.05) is 24.3 Å². The molecule has 1 aromatic heterocycles. The SMILES string of the molecule is Cc1ccc(OCC(=O)Nc2noc(-c3ccccc3C)n2)cc1C. The second kappa shape index (κ2) is 7.17. The van der Waals surface area contributed by atoms with E-state index in [9.17, 15) is 4.79 Å². The van der Waals surface area contributed by atoms with Crippen LogP contribution in [-0.2, 0) is 4.79 Å². The van der Waals surface area contributed by atoms with Crippen LogP contribution in [0.25, 0.3) is 11.5 Å². The normalized spacial score (nSPS) is 10.5. The maximum atomic E-state index is 12.0. The lowest BCUT2D eigenvalue weighted by Gasteiger charge is -2.07. The van der Waals surface area contributed by atoms with Crippen LogP contribution in [0.15, 0.2) is 47.0 Å². The van der Waals surface area contributed by atoms with Gasteiger partial charge in [-0.3, -0.25) is 10.1 Å². The second-order valence-electron chi connectivity index (χ2n) is 5.82. The van der Waals surface area contributed by atoms with Gasteiger partial charge < -0.3 is 9.26 Å². The van der Waals surface area contributed by atoms with E-state index in [1.165, 1.54) is 5.56 Å². The minimum Gasteiger partial charge on any atom is -0.484 e. The Bertz CT molecular complexity index is 902. The third kappa shape index (κ3) is 4.03. The van der Waals surface area contributed by atoms with Gasteiger partial charge in [0.2, 0.25) is 0 Å². The van der Waals surface area contributed by atoms with Crippen molar-refractivity contribution in [1.82, 2.24) is 10.1 Å². The molecule has 0 aliphatic heterocycles. The highest BCUT2D eigenvalue weighted by molar-refractivity contribution is 5.90. The van der Waals surface area contributed by atoms with Crippen molar-refractivity contribution in [2.75, 3.05) is 11.9 Å². The summed E-state index contributed by atoms with van der Waals surface area (Å²) < 4.78 is 10.7. The molecule has 6 heteroatoms. The number of amides is 1. The van der Waals surface area contributed by atoms with Crippen molar-refractivity contribution < 1.29 is 14.1 Å². The lowest BCUT2D eigenvalue weighted by molar-refractivity contribution is -0.118. The van der Waals surface area contributed by atoms with Gasteiger partial charge in [0.1, 0.15) is 5.75 Å². The van der Waals surface area contributed by atoms with Crippen molar-refractivity contribution >= 4 is 11.9 Å². The predicted molar refractivity (Wildman–Crippen MR) is 94.5 cm³/mol. The van der Waals surface area contributed by atoms with E-state index in [1.807, 2.05) is 63.2 Å². The monoisotopic (exact) mass is 337 g/mol. The van der Waals surface area contributed by atoms with Gasteiger partial charge in [0, 0.05) is 5.56 Å². The molecule has 0 bridgehead atoms. The molecule has 0 aliphatic carbocycles. The Morgan fingerprint density at radius 1 is 1.08 bits per heavy atom. The van der Waals surface area contributed by atoms with E-state index in [1.54, 1.807) is 0 Å². The van der Waals surface area contributed by atoms with Gasteiger partial charge in [-0.15, -0.1) is 0 Å². The Hall–Kier alpha value is -3.15. The lowest BCUT2D eigenvalue weighted by Crippen LogP contribution is -2.20. The first-order chi connectivity index (χ1) is 12.0. The molecule has 128 valence electrons. The molecule has 0 aliphatic rings. The summed E-state index contributed by atoms with van der Waals surface area (Å²) in [6.45, 7) is 5.84. The van der Waals surface area contributed by atoms with Gasteiger partial charge in [0.05, 0.1) is 0 Å². The summed E-state index contributed by atoms with van der Waals surface area (Å²) in [7, 11) is 0. The topological polar surface area (TPSA) is 77.2 Å². The van der Waals surface area contributed by atoms with Crippen LogP contribution >= 0.6 is 0 Å². The number of hydrogen-bond donors (Lipinski definition) is 1. The van der Waals surface area contributed by atoms with Crippen molar-refractivity contribution in [2.45, 2.75) is 20.8 Å². The molecular weight excluding hydrogens is 318 g/mol. The fraction of sp³-hybridized carbons (Fsp3) is 0.211. The standard InChI is InChI=1S/C19H19N3O3/c1-12-8-9-15(10-14(12)3)24-11-17(23)20-19-21-18(25-22-19)16-7-5-4-6-13(16)2/h4-10H,11H2,1-3H3,(H,20,22,23). The van der Waals surface area contributed by atoms with E-state index in [-0.39, 0.29) is 18.5 Å². The van der Waals surface area contributed by atoms with Crippen LogP contribution in [0.2, 0.25) is 0 Å². The second-order valence-corrected chi connectivity index (χ2v) is 5.82. The van der Waals surface area contributed by atoms with Crippen LogP contribution in [0.4, 0.5) is 5.95 Å². The summed E-state index contributed by atoms with van der Waals surface area (Å²) in [4.78, 5) is 16.2. The molecule has 1 N–H and O–H groups in total. The summed E-state index contributed by atoms with van der Waals surface area (Å²) in [6, 6.07) is 13.3. The molecule has 3 rings (SSSR count). The number of nitrogens with zero attached hydrogens (tertiary/aromatic N) is 2. The van der Waals surface area contributed by atoms with Crippen LogP contribution in [-0.4, -0.2) is 22.7 Å². The van der Waals surface area contributed by atoms with E-state index >= 15 is 0 Å². The number of nitrogens with one attached hydrogen (secondary N) is 1. The highest BCUT2D eigenvalue weighted by Gasteiger charge is 2.13. The molecule has 6 nitrogen and oxygen atoms in total. The van der Waals surface area contributed by atoms with Gasteiger partial charge in [-0.05, 0) is 60.8 Å². The number of anilines is 1. The zero-order valence-corrected chi connectivity index (χ0v) is 14.4. The van der Waals surface area contributed by atoms with Gasteiger partial charge in [-0.2, -0.15) is 4.98 Å². The first-order valence-corrected chi connectivity index (χ1v) is 7.92. The number of aryl methyl sites for hydroxylation is 3. The van der Waals surface area contributed by atoms with Crippen LogP contribution in [0, 0.1) is 20.8 Å². The molecule has 25 heavy (non-hydrogen) atoms. The molecule has 0 spiro atoms. The Labute approximate surface area is 145 Å². The third-order valence-corrected chi connectivity index (χ3v) is 3.90. The minimum atomic E-state index is -0.352. The molecule has 3 aromatic rings. The van der Waals surface area contributed by atoms with E-state index in [0.717, 1.165) is 16.7 Å². The molecule has 1 amide bonds. The number of rotatable bonds is 5. The molecule has 0 saturated carbocycles. The third-order valence-electron chi connectivity index (χ3n) is 3.90. The predicted octanol–water partition coefficient (Wildman–Crippen LogP) is 3.68. The molecule has 1 heterocycles. The van der Waals surface area contributed by atoms with Crippen LogP contribution in [0.5, 0.6) is 5.75 Å². The zero-order valence-electron chi connectivity index (χ0n) is 14.4. The molecule has 0 atom stereocenters. The van der Waals surface area contributed by atoms with E-state index in [4.69, 9.17) is 9.26 Å². The highest BCUT2D eigenvalue weighted by Crippen LogP contribution is 2.22. The van der Waals surface area contributed by atoms with Crippen LogP contribution in [0.3, 0.4) is 0 Å². The average Bonchev–Trinajstić information content (AvgIpc) is 3.04. The highest BCUT2D eigenvalue weighted by atomic mass is 16.5. The Morgan fingerprint density at radius 3 is 2.64 bits per heavy atom. The Balaban J connectivity index is 1.60. The summed E-state index contributed by atoms with van der Waals surface area (Å²) in [5, 5.41) is 6.35. The molecule has 2 aromatic carbocycles. The van der Waals surface area contributed by atoms with Crippen molar-refractivity contribution in [3.05, 3.63) is 59.2 Å². The first kappa shape index (κ1) is 16.7. The van der Waals surface area contributed by atoms with E-state index in [0.29, 0.717) is 11.6 Å². The summed E-state index contributed by atoms with van der Waals surface area (Å²) >= 11 is 0. The molecule has 0 unspecified atom stereocenters. The molecule has 0 radical (unpaired) electrons. The van der Waals surface area contributed by atoms with Crippen LogP contribution in [0.1, 0.15) is 16.7 Å². The smallest absolute Gasteiger partial charge is 0.270 e. The van der Waals surface area contributed by atoms with Gasteiger partial charge in [0.25, 0.3) is 17.7 Å². The number of carbonyl (C=O) groups is 1. The maximum Gasteiger partial charge on any atom is 0.270 e. The van der Waals surface area contributed by atoms with Crippen molar-refractivity contribution in [3.63, 3.8) is 0 Å². The van der Waals surface area contributed by atoms with E-state index in [2.05, 4.69) is 15.5 Å². The molecule has 0 saturated heterocycles. The van der Waals surface area contributed by atoms with Crippen molar-refractivity contribution in [1.29, 1.82) is 0 Å².